The van der Waals surface area contributed by atoms with E-state index in [0.29, 0.717) is 56.8 Å². The molecule has 0 aliphatic carbocycles. The van der Waals surface area contributed by atoms with Gasteiger partial charge in [0.2, 0.25) is 11.9 Å². The predicted molar refractivity (Wildman–Crippen MR) is 235 cm³/mol. The summed E-state index contributed by atoms with van der Waals surface area (Å²) >= 11 is 0. The zero-order chi connectivity index (χ0) is 44.0. The van der Waals surface area contributed by atoms with Gasteiger partial charge >= 0.3 is 89.3 Å². The van der Waals surface area contributed by atoms with Gasteiger partial charge in [0.25, 0.3) is 11.8 Å². The number of hydrogen-bond acceptors (Lipinski definition) is 11. The molecule has 4 amide bonds. The summed E-state index contributed by atoms with van der Waals surface area (Å²) in [5.74, 6) is 2.89. The number of terminal acetylenes is 1. The molecule has 2 aliphatic heterocycles. The molecule has 1 unspecified atom stereocenters. The molecule has 0 bridgehead atoms. The van der Waals surface area contributed by atoms with Gasteiger partial charge in [0.15, 0.2) is 5.76 Å². The van der Waals surface area contributed by atoms with Crippen LogP contribution in [0.1, 0.15) is 70.9 Å². The van der Waals surface area contributed by atoms with E-state index in [-0.39, 0.29) is 41.5 Å². The summed E-state index contributed by atoms with van der Waals surface area (Å²) in [6, 6.07) is 20.8. The molecule has 2 aromatic carbocycles. The maximum atomic E-state index is 13.9. The second-order valence-electron chi connectivity index (χ2n) is 15.0. The zero-order valence-corrected chi connectivity index (χ0v) is 35.0. The summed E-state index contributed by atoms with van der Waals surface area (Å²) in [5, 5.41) is 11.1. The molecule has 2 atom stereocenters. The number of hydrogen-bond donors (Lipinski definition) is 2. The topological polar surface area (TPSA) is 196 Å². The van der Waals surface area contributed by atoms with Crippen molar-refractivity contribution in [2.45, 2.75) is 64.1 Å². The van der Waals surface area contributed by atoms with Crippen molar-refractivity contribution in [3.05, 3.63) is 102 Å². The Morgan fingerprint density at radius 2 is 1.71 bits per heavy atom. The van der Waals surface area contributed by atoms with Crippen molar-refractivity contribution in [2.75, 3.05) is 39.0 Å². The van der Waals surface area contributed by atoms with Gasteiger partial charge in [-0.15, -0.1) is 0 Å². The molecule has 5 heterocycles. The Bertz CT molecular complexity index is 2470. The van der Waals surface area contributed by atoms with E-state index < -0.39 is 18.0 Å². The molecule has 62 heavy (non-hydrogen) atoms. The van der Waals surface area contributed by atoms with Crippen LogP contribution in [-0.2, 0) is 20.8 Å². The third-order valence-corrected chi connectivity index (χ3v) is 10.2. The molecule has 16 nitrogen and oxygen atoms in total. The number of carbonyl (C=O) groups is 4. The van der Waals surface area contributed by atoms with E-state index in [2.05, 4.69) is 31.7 Å². The van der Waals surface area contributed by atoms with Crippen LogP contribution in [-0.4, -0.2) is 114 Å². The Labute approximate surface area is 360 Å². The van der Waals surface area contributed by atoms with Crippen LogP contribution in [0.5, 0.6) is 0 Å². The maximum Gasteiger partial charge on any atom is 0.271 e. The summed E-state index contributed by atoms with van der Waals surface area (Å²) < 4.78 is 21.4. The minimum absolute atomic E-state index is 0.0662. The second-order valence-corrected chi connectivity index (χ2v) is 15.0. The fraction of sp³-hybridized carbons (Fsp3) is 0.333. The van der Waals surface area contributed by atoms with Gasteiger partial charge in [-0.2, -0.15) is 0 Å². The molecule has 2 saturated heterocycles. The molecule has 2 fully saturated rings. The van der Waals surface area contributed by atoms with E-state index in [1.165, 1.54) is 23.2 Å². The number of pyridine rings is 1. The number of nitrogens with zero attached hydrogens (tertiary/aromatic N) is 7. The van der Waals surface area contributed by atoms with E-state index in [1.807, 2.05) is 67.6 Å². The van der Waals surface area contributed by atoms with Gasteiger partial charge in [-0.3, -0.25) is 24.7 Å². The average Bonchev–Trinajstić information content (AvgIpc) is 3.81. The van der Waals surface area contributed by atoms with Gasteiger partial charge in [0.05, 0.1) is 12.1 Å². The molecule has 3 aromatic heterocycles. The Balaban J connectivity index is 0.000000362. The molecule has 2 N–H and O–H groups in total. The summed E-state index contributed by atoms with van der Waals surface area (Å²) in [6.45, 7) is 3.68. The van der Waals surface area contributed by atoms with E-state index in [1.54, 1.807) is 23.9 Å². The van der Waals surface area contributed by atoms with Crippen molar-refractivity contribution in [2.24, 2.45) is 9.98 Å². The van der Waals surface area contributed by atoms with Crippen LogP contribution >= 0.6 is 0 Å². The predicted octanol–water partition coefficient (Wildman–Crippen LogP) is 5.35. The third kappa shape index (κ3) is 11.7. The summed E-state index contributed by atoms with van der Waals surface area (Å²) in [5.41, 5.74) is 3.45. The number of anilines is 1. The van der Waals surface area contributed by atoms with Crippen LogP contribution in [0.2, 0.25) is 0 Å². The molecule has 2 aliphatic rings. The number of fused-ring (bicyclic) bond motifs is 1. The Kier molecular flexibility index (Phi) is 15.3. The monoisotopic (exact) mass is 837 g/mol. The number of aromatic nitrogens is 2. The van der Waals surface area contributed by atoms with Gasteiger partial charge in [-0.05, 0) is 62.6 Å². The minimum Gasteiger partial charge on any atom is -0.461 e. The molecule has 0 saturated carbocycles. The SMILES string of the molecule is C#CCN1CCCCC(N=CB=O)C1=O.Cc1cc2cc(NC(=N[C@H]3CCCCN(Cc4cc(-c5ccccc5)no4)C3=O)NC(=O)c3ccc(C(=O)N(C)C)nc3)ccc2o1. The molecule has 0 spiro atoms. The van der Waals surface area contributed by atoms with Gasteiger partial charge in [-0.25, -0.2) is 4.99 Å². The van der Waals surface area contributed by atoms with Crippen LogP contribution in [0.4, 0.5) is 5.69 Å². The summed E-state index contributed by atoms with van der Waals surface area (Å²) in [6.07, 6.45) is 12.3. The van der Waals surface area contributed by atoms with Crippen LogP contribution < -0.4 is 10.6 Å². The standard InChI is InChI=1S/C35H35N7O5.C10H13BN2O2/c1-22-17-25-18-26(13-15-31(25)46-22)37-35(39-32(43)24-12-14-28(36-20-24)33(44)41(2)3)38-29-11-7-8-16-42(34(29)45)21-27-19-30(40-47-27)23-9-5-4-6-10-23;1-2-6-13-7-4-3-5-9(10(13)14)12-8-11-15/h4-6,9-10,12-15,17-20,29H,7-8,11,16,21H2,1-3H3,(H2,37,38,39,43);1,8-9H,3-7H2/t29-;/m0./s1. The quantitative estimate of drug-likeness (QED) is 0.0801. The van der Waals surface area contributed by atoms with Crippen LogP contribution in [0.15, 0.2) is 97.9 Å². The van der Waals surface area contributed by atoms with Crippen LogP contribution in [0.3, 0.4) is 0 Å². The van der Waals surface area contributed by atoms with Crippen molar-refractivity contribution in [3.8, 4) is 23.6 Å². The van der Waals surface area contributed by atoms with Gasteiger partial charge in [0.1, 0.15) is 28.8 Å². The first kappa shape index (κ1) is 44.3. The number of carbonyl (C=O) groups excluding carboxylic acids is 4. The number of rotatable bonds is 10. The van der Waals surface area contributed by atoms with Crippen LogP contribution in [0, 0.1) is 19.3 Å². The van der Waals surface area contributed by atoms with Gasteiger partial charge in [-0.1, -0.05) is 35.5 Å². The molecule has 7 rings (SSSR count). The fourth-order valence-electron chi connectivity index (χ4n) is 7.02. The first-order valence-electron chi connectivity index (χ1n) is 20.4. The molecule has 17 heteroatoms. The molecular weight excluding hydrogens is 789 g/mol. The van der Waals surface area contributed by atoms with E-state index in [4.69, 9.17) is 20.4 Å². The van der Waals surface area contributed by atoms with Crippen molar-refractivity contribution in [1.82, 2.24) is 30.2 Å². The smallest absolute Gasteiger partial charge is 0.271 e. The minimum atomic E-state index is -0.755. The molecular formula is C45H48BN9O7. The Hall–Kier alpha value is -7.22. The summed E-state index contributed by atoms with van der Waals surface area (Å²) in [7, 11) is 3.85. The molecule has 0 radical (unpaired) electrons. The number of amides is 4. The number of benzene rings is 2. The largest absolute Gasteiger partial charge is 0.461 e. The van der Waals surface area contributed by atoms with Crippen molar-refractivity contribution in [1.29, 1.82) is 0 Å². The van der Waals surface area contributed by atoms with Crippen molar-refractivity contribution >= 4 is 59.5 Å². The third-order valence-electron chi connectivity index (χ3n) is 10.2. The van der Waals surface area contributed by atoms with E-state index >= 15 is 0 Å². The van der Waals surface area contributed by atoms with Crippen LogP contribution in [0.25, 0.3) is 22.2 Å². The first-order chi connectivity index (χ1) is 30.0. The number of aliphatic imine (C=N–C) groups is 2. The first-order valence-corrected chi connectivity index (χ1v) is 20.4. The number of guanidine groups is 1. The van der Waals surface area contributed by atoms with Gasteiger partial charge < -0.3 is 24.1 Å². The second kappa shape index (κ2) is 21.3. The van der Waals surface area contributed by atoms with Gasteiger partial charge in [0, 0.05) is 49.5 Å². The average molecular weight is 838 g/mol. The Morgan fingerprint density at radius 1 is 0.968 bits per heavy atom. The zero-order valence-electron chi connectivity index (χ0n) is 35.0. The summed E-state index contributed by atoms with van der Waals surface area (Å²) in [4.78, 5) is 69.0. The van der Waals surface area contributed by atoms with E-state index in [9.17, 15) is 23.9 Å². The number of nitrogens with one attached hydrogen (secondary N) is 2. The molecule has 318 valence electrons. The number of aryl methyl sites for hydroxylation is 1. The number of likely N-dealkylation sites (tertiary alicyclic amines) is 2. The Morgan fingerprint density at radius 3 is 2.42 bits per heavy atom. The normalized spacial score (nSPS) is 17.0. The maximum absolute atomic E-state index is 13.9. The molecule has 5 aromatic rings. The number of furan rings is 1. The van der Waals surface area contributed by atoms with Crippen molar-refractivity contribution in [3.63, 3.8) is 0 Å². The fourth-order valence-corrected chi connectivity index (χ4v) is 7.02. The van der Waals surface area contributed by atoms with E-state index in [0.717, 1.165) is 54.1 Å². The van der Waals surface area contributed by atoms with Crippen molar-refractivity contribution < 1.29 is 32.8 Å².